The first-order chi connectivity index (χ1) is 9.03. The van der Waals surface area contributed by atoms with E-state index in [2.05, 4.69) is 0 Å². The Morgan fingerprint density at radius 2 is 1.58 bits per heavy atom. The summed E-state index contributed by atoms with van der Waals surface area (Å²) in [5.74, 6) is 0. The predicted molar refractivity (Wildman–Crippen MR) is 75.0 cm³/mol. The highest BCUT2D eigenvalue weighted by Crippen LogP contribution is 2.26. The largest absolute Gasteiger partial charge is 0.392 e. The molecule has 1 N–H and O–H groups in total. The van der Waals surface area contributed by atoms with Gasteiger partial charge in [-0.05, 0) is 32.6 Å². The van der Waals surface area contributed by atoms with Gasteiger partial charge in [0.1, 0.15) is 0 Å². The second kappa shape index (κ2) is 6.52. The van der Waals surface area contributed by atoms with Crippen molar-refractivity contribution in [2.45, 2.75) is 64.0 Å². The lowest BCUT2D eigenvalue weighted by atomic mass is 10.0. The molecule has 0 amide bonds. The third-order valence-electron chi connectivity index (χ3n) is 4.24. The van der Waals surface area contributed by atoms with E-state index in [4.69, 9.17) is 0 Å². The molecule has 0 aromatic heterocycles. The number of nitrogens with zero attached hydrogens (tertiary/aromatic N) is 2. The van der Waals surface area contributed by atoms with Gasteiger partial charge in [-0.25, -0.2) is 0 Å². The van der Waals surface area contributed by atoms with Gasteiger partial charge in [0.15, 0.2) is 0 Å². The van der Waals surface area contributed by atoms with E-state index in [9.17, 15) is 13.5 Å². The summed E-state index contributed by atoms with van der Waals surface area (Å²) in [6, 6.07) is -0.248. The van der Waals surface area contributed by atoms with Gasteiger partial charge < -0.3 is 5.11 Å². The van der Waals surface area contributed by atoms with E-state index in [1.165, 1.54) is 0 Å². The first kappa shape index (κ1) is 15.2. The molecule has 2 atom stereocenters. The molecule has 0 aromatic rings. The van der Waals surface area contributed by atoms with Crippen LogP contribution in [-0.2, 0) is 10.2 Å². The second-order valence-electron chi connectivity index (χ2n) is 5.74. The summed E-state index contributed by atoms with van der Waals surface area (Å²) in [7, 11) is -3.40. The fraction of sp³-hybridized carbons (Fsp3) is 1.00. The quantitative estimate of drug-likeness (QED) is 0.853. The topological polar surface area (TPSA) is 60.9 Å². The number of piperidine rings is 1. The van der Waals surface area contributed by atoms with Gasteiger partial charge in [-0.15, -0.1) is 0 Å². The Hall–Kier alpha value is -0.170. The van der Waals surface area contributed by atoms with Gasteiger partial charge in [0.05, 0.1) is 12.1 Å². The van der Waals surface area contributed by atoms with Crippen LogP contribution < -0.4 is 0 Å². The van der Waals surface area contributed by atoms with Crippen LogP contribution in [0.3, 0.4) is 0 Å². The summed E-state index contributed by atoms with van der Waals surface area (Å²) in [4.78, 5) is 0. The first-order valence-corrected chi connectivity index (χ1v) is 8.88. The summed E-state index contributed by atoms with van der Waals surface area (Å²) < 4.78 is 28.7. The second-order valence-corrected chi connectivity index (χ2v) is 7.62. The number of aliphatic hydroxyl groups excluding tert-OH is 1. The van der Waals surface area contributed by atoms with Crippen LogP contribution in [0, 0.1) is 0 Å². The molecule has 19 heavy (non-hydrogen) atoms. The zero-order valence-corrected chi connectivity index (χ0v) is 12.6. The molecule has 2 rings (SSSR count). The molecule has 0 unspecified atom stereocenters. The minimum absolute atomic E-state index is 0.248. The van der Waals surface area contributed by atoms with Crippen LogP contribution in [0.15, 0.2) is 0 Å². The number of hydrogen-bond acceptors (Lipinski definition) is 3. The van der Waals surface area contributed by atoms with E-state index in [1.54, 1.807) is 15.5 Å². The Labute approximate surface area is 116 Å². The maximum absolute atomic E-state index is 12.7. The van der Waals surface area contributed by atoms with Crippen molar-refractivity contribution in [2.75, 3.05) is 19.6 Å². The van der Waals surface area contributed by atoms with Crippen LogP contribution in [0.1, 0.15) is 51.9 Å². The smallest absolute Gasteiger partial charge is 0.282 e. The lowest BCUT2D eigenvalue weighted by molar-refractivity contribution is 0.0792. The molecule has 0 spiro atoms. The molecular weight excluding hydrogens is 264 g/mol. The van der Waals surface area contributed by atoms with Crippen LogP contribution in [0.25, 0.3) is 0 Å². The summed E-state index contributed by atoms with van der Waals surface area (Å²) in [6.07, 6.45) is 6.21. The van der Waals surface area contributed by atoms with Crippen molar-refractivity contribution in [3.63, 3.8) is 0 Å². The Bertz CT molecular complexity index is 375. The van der Waals surface area contributed by atoms with Crippen molar-refractivity contribution in [2.24, 2.45) is 0 Å². The number of hydrogen-bond donors (Lipinski definition) is 1. The zero-order valence-electron chi connectivity index (χ0n) is 11.8. The lowest BCUT2D eigenvalue weighted by Gasteiger charge is -2.39. The molecule has 2 heterocycles. The number of aliphatic hydroxyl groups is 1. The Balaban J connectivity index is 2.15. The van der Waals surface area contributed by atoms with Gasteiger partial charge in [-0.3, -0.25) is 0 Å². The van der Waals surface area contributed by atoms with E-state index in [0.29, 0.717) is 19.6 Å². The summed E-state index contributed by atoms with van der Waals surface area (Å²) in [5, 5.41) is 9.84. The van der Waals surface area contributed by atoms with E-state index in [1.807, 2.05) is 0 Å². The summed E-state index contributed by atoms with van der Waals surface area (Å²) in [6.45, 7) is 3.51. The Morgan fingerprint density at radius 1 is 1.00 bits per heavy atom. The van der Waals surface area contributed by atoms with E-state index < -0.39 is 16.3 Å². The highest BCUT2D eigenvalue weighted by atomic mass is 32.2. The van der Waals surface area contributed by atoms with Crippen LogP contribution in [-0.4, -0.2) is 53.9 Å². The average Bonchev–Trinajstić information content (AvgIpc) is 2.68. The molecule has 0 radical (unpaired) electrons. The molecule has 0 saturated carbocycles. The van der Waals surface area contributed by atoms with Crippen molar-refractivity contribution in [3.05, 3.63) is 0 Å². The molecule has 0 aliphatic carbocycles. The van der Waals surface area contributed by atoms with Crippen molar-refractivity contribution in [1.82, 2.24) is 8.61 Å². The van der Waals surface area contributed by atoms with Gasteiger partial charge in [-0.1, -0.05) is 19.3 Å². The molecular formula is C13H26N2O3S. The fourth-order valence-electron chi connectivity index (χ4n) is 3.12. The van der Waals surface area contributed by atoms with Gasteiger partial charge in [0.25, 0.3) is 10.2 Å². The van der Waals surface area contributed by atoms with Crippen LogP contribution in [0.4, 0.5) is 0 Å². The molecule has 0 bridgehead atoms. The lowest BCUT2D eigenvalue weighted by Crippen LogP contribution is -2.54. The van der Waals surface area contributed by atoms with Gasteiger partial charge in [0.2, 0.25) is 0 Å². The maximum atomic E-state index is 12.7. The molecule has 0 aromatic carbocycles. The minimum Gasteiger partial charge on any atom is -0.392 e. The van der Waals surface area contributed by atoms with Crippen LogP contribution in [0.5, 0.6) is 0 Å². The van der Waals surface area contributed by atoms with Crippen LogP contribution in [0.2, 0.25) is 0 Å². The van der Waals surface area contributed by atoms with Gasteiger partial charge in [0, 0.05) is 19.6 Å². The summed E-state index contributed by atoms with van der Waals surface area (Å²) in [5.41, 5.74) is 0. The van der Waals surface area contributed by atoms with E-state index in [0.717, 1.165) is 44.9 Å². The Kier molecular flexibility index (Phi) is 5.22. The molecule has 2 fully saturated rings. The van der Waals surface area contributed by atoms with Crippen molar-refractivity contribution in [3.8, 4) is 0 Å². The van der Waals surface area contributed by atoms with Gasteiger partial charge >= 0.3 is 0 Å². The summed E-state index contributed by atoms with van der Waals surface area (Å²) >= 11 is 0. The molecule has 2 saturated heterocycles. The highest BCUT2D eigenvalue weighted by molar-refractivity contribution is 7.86. The fourth-order valence-corrected chi connectivity index (χ4v) is 5.12. The third kappa shape index (κ3) is 3.48. The van der Waals surface area contributed by atoms with Crippen molar-refractivity contribution < 1.29 is 13.5 Å². The molecule has 6 heteroatoms. The van der Waals surface area contributed by atoms with E-state index >= 15 is 0 Å². The first-order valence-electron chi connectivity index (χ1n) is 7.48. The van der Waals surface area contributed by atoms with Crippen molar-refractivity contribution in [1.29, 1.82) is 0 Å². The highest BCUT2D eigenvalue weighted by Gasteiger charge is 2.38. The van der Waals surface area contributed by atoms with Gasteiger partial charge in [-0.2, -0.15) is 17.0 Å². The third-order valence-corrected chi connectivity index (χ3v) is 6.31. The van der Waals surface area contributed by atoms with Crippen LogP contribution >= 0.6 is 0 Å². The van der Waals surface area contributed by atoms with Crippen molar-refractivity contribution >= 4 is 10.2 Å². The SMILES string of the molecule is C[C@H](O)[C@@H]1CCCCN1S(=O)(=O)N1CCCCCC1. The standard InChI is InChI=1S/C13H26N2O3S/c1-12(16)13-8-4-7-11-15(13)19(17,18)14-9-5-2-3-6-10-14/h12-13,16H,2-11H2,1H3/t12-,13-/m0/s1. The molecule has 112 valence electrons. The van der Waals surface area contributed by atoms with E-state index in [-0.39, 0.29) is 6.04 Å². The Morgan fingerprint density at radius 3 is 2.16 bits per heavy atom. The predicted octanol–water partition coefficient (Wildman–Crippen LogP) is 1.34. The monoisotopic (exact) mass is 290 g/mol. The normalized spacial score (nSPS) is 29.9. The molecule has 2 aliphatic rings. The molecule has 5 nitrogen and oxygen atoms in total. The maximum Gasteiger partial charge on any atom is 0.282 e. The average molecular weight is 290 g/mol. The minimum atomic E-state index is -3.40. The molecule has 2 aliphatic heterocycles. The number of rotatable bonds is 3. The zero-order chi connectivity index (χ0) is 13.9.